The highest BCUT2D eigenvalue weighted by molar-refractivity contribution is 9.10. The van der Waals surface area contributed by atoms with E-state index in [1.807, 2.05) is 36.4 Å². The van der Waals surface area contributed by atoms with Crippen LogP contribution in [0.4, 0.5) is 0 Å². The maximum absolute atomic E-state index is 10.9. The summed E-state index contributed by atoms with van der Waals surface area (Å²) in [7, 11) is -0.869. The summed E-state index contributed by atoms with van der Waals surface area (Å²) in [5.41, 5.74) is 0. The van der Waals surface area contributed by atoms with Gasteiger partial charge in [0, 0.05) is 35.8 Å². The van der Waals surface area contributed by atoms with Crippen molar-refractivity contribution in [2.75, 3.05) is 12.5 Å². The summed E-state index contributed by atoms with van der Waals surface area (Å²) >= 11 is 8.44. The van der Waals surface area contributed by atoms with Gasteiger partial charge in [0.2, 0.25) is 0 Å². The Labute approximate surface area is 137 Å². The van der Waals surface area contributed by atoms with Crippen LogP contribution in [-0.2, 0) is 10.8 Å². The van der Waals surface area contributed by atoms with E-state index in [0.717, 1.165) is 13.8 Å². The second-order valence-electron chi connectivity index (χ2n) is 3.57. The predicted molar refractivity (Wildman–Crippen MR) is 92.4 cm³/mol. The lowest BCUT2D eigenvalue weighted by Gasteiger charge is -1.94. The number of benzene rings is 2. The van der Waals surface area contributed by atoms with E-state index in [2.05, 4.69) is 50.2 Å². The van der Waals surface area contributed by atoms with Crippen LogP contribution in [0.2, 0.25) is 0 Å². The Morgan fingerprint density at radius 1 is 1.00 bits per heavy atom. The van der Waals surface area contributed by atoms with Crippen molar-refractivity contribution in [2.24, 2.45) is 0 Å². The number of rotatable bonds is 2. The molecule has 0 amide bonds. The van der Waals surface area contributed by atoms with E-state index >= 15 is 0 Å². The van der Waals surface area contributed by atoms with Crippen LogP contribution in [0.1, 0.15) is 0 Å². The average molecular weight is 422 g/mol. The Bertz CT molecular complexity index is 559. The van der Waals surface area contributed by atoms with E-state index < -0.39 is 10.8 Å². The minimum absolute atomic E-state index is 0.856. The molecule has 2 aromatic rings. The molecule has 0 saturated carbocycles. The van der Waals surface area contributed by atoms with Gasteiger partial charge in [-0.25, -0.2) is 0 Å². The third kappa shape index (κ3) is 6.75. The minimum Gasteiger partial charge on any atom is -0.255 e. The average Bonchev–Trinajstić information content (AvgIpc) is 2.39. The van der Waals surface area contributed by atoms with Gasteiger partial charge in [0.15, 0.2) is 0 Å². The molecule has 0 aliphatic heterocycles. The topological polar surface area (TPSA) is 17.1 Å². The lowest BCUT2D eigenvalue weighted by Crippen LogP contribution is -1.85. The van der Waals surface area contributed by atoms with Crippen LogP contribution >= 0.6 is 43.6 Å². The van der Waals surface area contributed by atoms with Gasteiger partial charge >= 0.3 is 0 Å². The van der Waals surface area contributed by atoms with Gasteiger partial charge in [0.1, 0.15) is 0 Å². The summed E-state index contributed by atoms with van der Waals surface area (Å²) in [5.74, 6) is 0. The van der Waals surface area contributed by atoms with Crippen LogP contribution in [-0.4, -0.2) is 16.7 Å². The number of hydrogen-bond acceptors (Lipinski definition) is 2. The molecule has 19 heavy (non-hydrogen) atoms. The van der Waals surface area contributed by atoms with Gasteiger partial charge in [-0.05, 0) is 42.7 Å². The largest absolute Gasteiger partial charge is 0.255 e. The molecule has 2 rings (SSSR count). The summed E-state index contributed by atoms with van der Waals surface area (Å²) in [4.78, 5) is 2.15. The third-order valence-electron chi connectivity index (χ3n) is 2.16. The molecular weight excluding hydrogens is 408 g/mol. The van der Waals surface area contributed by atoms with E-state index in [-0.39, 0.29) is 0 Å². The SMILES string of the molecule is CS(=O)c1cccc(Br)c1.CSc1cccc(Br)c1. The molecule has 0 N–H and O–H groups in total. The summed E-state index contributed by atoms with van der Waals surface area (Å²) in [6.07, 6.45) is 3.74. The maximum atomic E-state index is 10.9. The summed E-state index contributed by atoms with van der Waals surface area (Å²) in [5, 5.41) is 0. The molecule has 5 heteroatoms. The zero-order valence-electron chi connectivity index (χ0n) is 10.6. The monoisotopic (exact) mass is 420 g/mol. The van der Waals surface area contributed by atoms with Crippen LogP contribution in [0.3, 0.4) is 0 Å². The van der Waals surface area contributed by atoms with E-state index in [1.165, 1.54) is 4.90 Å². The van der Waals surface area contributed by atoms with Crippen molar-refractivity contribution in [2.45, 2.75) is 9.79 Å². The normalized spacial score (nSPS) is 11.4. The van der Waals surface area contributed by atoms with Gasteiger partial charge in [-0.2, -0.15) is 0 Å². The van der Waals surface area contributed by atoms with Crippen molar-refractivity contribution in [3.63, 3.8) is 0 Å². The van der Waals surface area contributed by atoms with Gasteiger partial charge in [-0.15, -0.1) is 11.8 Å². The van der Waals surface area contributed by atoms with Gasteiger partial charge in [-0.3, -0.25) is 4.21 Å². The first kappa shape index (κ1) is 17.0. The molecule has 1 nitrogen and oxygen atoms in total. The van der Waals surface area contributed by atoms with E-state index in [0.29, 0.717) is 0 Å². The van der Waals surface area contributed by atoms with Crippen molar-refractivity contribution in [3.8, 4) is 0 Å². The fourth-order valence-corrected chi connectivity index (χ4v) is 3.36. The molecule has 0 aliphatic carbocycles. The van der Waals surface area contributed by atoms with Crippen molar-refractivity contribution in [1.82, 2.24) is 0 Å². The van der Waals surface area contributed by atoms with E-state index in [9.17, 15) is 4.21 Å². The first-order valence-corrected chi connectivity index (χ1v) is 9.78. The molecule has 1 unspecified atom stereocenters. The molecule has 2 aromatic carbocycles. The highest BCUT2D eigenvalue weighted by Crippen LogP contribution is 2.18. The molecule has 0 aliphatic rings. The fraction of sp³-hybridized carbons (Fsp3) is 0.143. The molecule has 0 aromatic heterocycles. The molecule has 0 fully saturated rings. The molecule has 0 saturated heterocycles. The number of thioether (sulfide) groups is 1. The smallest absolute Gasteiger partial charge is 0.0498 e. The highest BCUT2D eigenvalue weighted by Gasteiger charge is 1.95. The quantitative estimate of drug-likeness (QED) is 0.607. The Hall–Kier alpha value is -0.100. The van der Waals surface area contributed by atoms with E-state index in [1.54, 1.807) is 18.0 Å². The first-order chi connectivity index (χ1) is 9.02. The van der Waals surface area contributed by atoms with E-state index in [4.69, 9.17) is 0 Å². The van der Waals surface area contributed by atoms with Crippen LogP contribution in [0.15, 0.2) is 67.3 Å². The molecule has 0 spiro atoms. The van der Waals surface area contributed by atoms with Crippen molar-refractivity contribution >= 4 is 54.4 Å². The minimum atomic E-state index is -0.869. The maximum Gasteiger partial charge on any atom is 0.0498 e. The number of hydrogen-bond donors (Lipinski definition) is 0. The molecule has 0 radical (unpaired) electrons. The predicted octanol–water partition coefficient (Wildman–Crippen LogP) is 5.36. The van der Waals surface area contributed by atoms with Gasteiger partial charge < -0.3 is 0 Å². The van der Waals surface area contributed by atoms with Crippen molar-refractivity contribution in [1.29, 1.82) is 0 Å². The summed E-state index contributed by atoms with van der Waals surface area (Å²) in [6, 6.07) is 15.8. The van der Waals surface area contributed by atoms with Crippen LogP contribution in [0.5, 0.6) is 0 Å². The van der Waals surface area contributed by atoms with Crippen LogP contribution in [0, 0.1) is 0 Å². The lowest BCUT2D eigenvalue weighted by atomic mass is 10.4. The standard InChI is InChI=1S/C7H7BrOS.C7H7BrS/c1-10(9)7-4-2-3-6(8)5-7;1-9-7-4-2-3-6(8)5-7/h2-5H,1H3;2-5H,1H3. The Morgan fingerprint density at radius 2 is 1.58 bits per heavy atom. The lowest BCUT2D eigenvalue weighted by molar-refractivity contribution is 0.687. The Balaban J connectivity index is 0.000000191. The summed E-state index contributed by atoms with van der Waals surface area (Å²) in [6.45, 7) is 0. The molecule has 0 bridgehead atoms. The first-order valence-electron chi connectivity index (χ1n) is 5.41. The Kier molecular flexibility index (Phi) is 7.99. The van der Waals surface area contributed by atoms with Gasteiger partial charge in [0.05, 0.1) is 0 Å². The zero-order valence-corrected chi connectivity index (χ0v) is 15.4. The van der Waals surface area contributed by atoms with Gasteiger partial charge in [-0.1, -0.05) is 44.0 Å². The third-order valence-corrected chi connectivity index (χ3v) is 4.79. The molecule has 1 atom stereocenters. The second-order valence-corrected chi connectivity index (χ2v) is 7.66. The second kappa shape index (κ2) is 8.95. The van der Waals surface area contributed by atoms with Crippen molar-refractivity contribution in [3.05, 3.63) is 57.5 Å². The fourth-order valence-electron chi connectivity index (χ4n) is 1.24. The molecule has 102 valence electrons. The molecular formula is C14H14Br2OS2. The Morgan fingerprint density at radius 3 is 1.95 bits per heavy atom. The highest BCUT2D eigenvalue weighted by atomic mass is 79.9. The summed E-state index contributed by atoms with van der Waals surface area (Å²) < 4.78 is 13.0. The van der Waals surface area contributed by atoms with Crippen LogP contribution < -0.4 is 0 Å². The number of halogens is 2. The molecule has 0 heterocycles. The van der Waals surface area contributed by atoms with Gasteiger partial charge in [0.25, 0.3) is 0 Å². The zero-order chi connectivity index (χ0) is 14.3. The van der Waals surface area contributed by atoms with Crippen LogP contribution in [0.25, 0.3) is 0 Å². The van der Waals surface area contributed by atoms with Crippen molar-refractivity contribution < 1.29 is 4.21 Å².